The van der Waals surface area contributed by atoms with Gasteiger partial charge in [0.1, 0.15) is 28.6 Å². The maximum atomic E-state index is 13.2. The van der Waals surface area contributed by atoms with Crippen LogP contribution in [-0.4, -0.2) is 12.9 Å². The molecule has 0 saturated carbocycles. The van der Waals surface area contributed by atoms with Gasteiger partial charge in [0, 0.05) is 0 Å². The molecule has 0 radical (unpaired) electrons. The van der Waals surface area contributed by atoms with Gasteiger partial charge in [-0.25, -0.2) is 4.39 Å². The summed E-state index contributed by atoms with van der Waals surface area (Å²) in [5.41, 5.74) is 0.853. The first-order chi connectivity index (χ1) is 9.52. The van der Waals surface area contributed by atoms with E-state index in [1.54, 1.807) is 31.2 Å². The molecule has 4 heteroatoms. The fourth-order valence-corrected chi connectivity index (χ4v) is 1.92. The third-order valence-corrected chi connectivity index (χ3v) is 2.92. The molecule has 0 saturated heterocycles. The van der Waals surface area contributed by atoms with Gasteiger partial charge in [0.15, 0.2) is 5.78 Å². The van der Waals surface area contributed by atoms with Gasteiger partial charge in [0.2, 0.25) is 0 Å². The molecule has 0 aliphatic heterocycles. The van der Waals surface area contributed by atoms with Crippen molar-refractivity contribution in [3.05, 3.63) is 53.3 Å². The largest absolute Gasteiger partial charge is 0.496 e. The van der Waals surface area contributed by atoms with Crippen LogP contribution >= 0.6 is 0 Å². The molecule has 0 amide bonds. The summed E-state index contributed by atoms with van der Waals surface area (Å²) < 4.78 is 24.1. The van der Waals surface area contributed by atoms with E-state index in [0.717, 1.165) is 0 Å². The Morgan fingerprint density at radius 2 is 1.85 bits per heavy atom. The molecule has 0 aromatic heterocycles. The molecular formula is C16H15FO3. The minimum Gasteiger partial charge on any atom is -0.496 e. The van der Waals surface area contributed by atoms with Crippen LogP contribution in [0, 0.1) is 12.7 Å². The number of rotatable bonds is 4. The van der Waals surface area contributed by atoms with E-state index >= 15 is 0 Å². The van der Waals surface area contributed by atoms with Gasteiger partial charge in [-0.15, -0.1) is 0 Å². The molecule has 0 unspecified atom stereocenters. The Hall–Kier alpha value is -2.36. The second kappa shape index (κ2) is 5.74. The lowest BCUT2D eigenvalue weighted by Gasteiger charge is -2.13. The van der Waals surface area contributed by atoms with E-state index in [4.69, 9.17) is 9.47 Å². The van der Waals surface area contributed by atoms with Crippen molar-refractivity contribution < 1.29 is 18.7 Å². The zero-order chi connectivity index (χ0) is 14.7. The van der Waals surface area contributed by atoms with Crippen LogP contribution in [0.3, 0.4) is 0 Å². The molecule has 0 heterocycles. The van der Waals surface area contributed by atoms with Crippen LogP contribution in [0.15, 0.2) is 36.4 Å². The number of Topliss-reactive ketones (excluding diaryl/α,β-unsaturated/α-hetero) is 1. The number of aryl methyl sites for hydroxylation is 1. The van der Waals surface area contributed by atoms with E-state index < -0.39 is 0 Å². The lowest BCUT2D eigenvalue weighted by Crippen LogP contribution is -2.01. The third-order valence-electron chi connectivity index (χ3n) is 2.92. The Morgan fingerprint density at radius 1 is 1.15 bits per heavy atom. The smallest absolute Gasteiger partial charge is 0.167 e. The summed E-state index contributed by atoms with van der Waals surface area (Å²) >= 11 is 0. The van der Waals surface area contributed by atoms with Crippen molar-refractivity contribution in [3.8, 4) is 17.2 Å². The van der Waals surface area contributed by atoms with Crippen molar-refractivity contribution in [1.29, 1.82) is 0 Å². The van der Waals surface area contributed by atoms with Gasteiger partial charge in [-0.3, -0.25) is 4.79 Å². The Labute approximate surface area is 117 Å². The molecule has 0 spiro atoms. The predicted octanol–water partition coefficient (Wildman–Crippen LogP) is 4.14. The summed E-state index contributed by atoms with van der Waals surface area (Å²) in [7, 11) is 1.49. The number of benzene rings is 2. The van der Waals surface area contributed by atoms with Gasteiger partial charge in [-0.05, 0) is 49.7 Å². The fraction of sp³-hybridized carbons (Fsp3) is 0.188. The SMILES string of the molecule is COc1cccc(Oc2ccc(F)c(C)c2)c1C(C)=O. The van der Waals surface area contributed by atoms with Crippen molar-refractivity contribution in [3.63, 3.8) is 0 Å². The Balaban J connectivity index is 2.42. The second-order valence-corrected chi connectivity index (χ2v) is 4.40. The third kappa shape index (κ3) is 2.79. The summed E-state index contributed by atoms with van der Waals surface area (Å²) in [6.07, 6.45) is 0. The van der Waals surface area contributed by atoms with E-state index in [1.165, 1.54) is 26.2 Å². The van der Waals surface area contributed by atoms with Crippen molar-refractivity contribution in [1.82, 2.24) is 0 Å². The standard InChI is InChI=1S/C16H15FO3/c1-10-9-12(7-8-13(10)17)20-15-6-4-5-14(19-3)16(15)11(2)18/h4-9H,1-3H3. The van der Waals surface area contributed by atoms with Crippen LogP contribution in [-0.2, 0) is 0 Å². The van der Waals surface area contributed by atoms with Gasteiger partial charge < -0.3 is 9.47 Å². The van der Waals surface area contributed by atoms with E-state index in [9.17, 15) is 9.18 Å². The number of ketones is 1. The van der Waals surface area contributed by atoms with Crippen LogP contribution in [0.1, 0.15) is 22.8 Å². The summed E-state index contributed by atoms with van der Waals surface area (Å²) in [5.74, 6) is 0.863. The Morgan fingerprint density at radius 3 is 2.45 bits per heavy atom. The molecule has 104 valence electrons. The minimum absolute atomic E-state index is 0.156. The zero-order valence-corrected chi connectivity index (χ0v) is 11.6. The summed E-state index contributed by atoms with van der Waals surface area (Å²) in [5, 5.41) is 0. The molecule has 0 bridgehead atoms. The highest BCUT2D eigenvalue weighted by atomic mass is 19.1. The van der Waals surface area contributed by atoms with Crippen LogP contribution in [0.2, 0.25) is 0 Å². The van der Waals surface area contributed by atoms with E-state index in [-0.39, 0.29) is 11.6 Å². The summed E-state index contributed by atoms with van der Waals surface area (Å²) in [6, 6.07) is 9.54. The molecule has 2 rings (SSSR count). The van der Waals surface area contributed by atoms with Crippen molar-refractivity contribution in [2.75, 3.05) is 7.11 Å². The minimum atomic E-state index is -0.296. The first kappa shape index (κ1) is 14.1. The van der Waals surface area contributed by atoms with Crippen molar-refractivity contribution >= 4 is 5.78 Å². The molecular weight excluding hydrogens is 259 g/mol. The van der Waals surface area contributed by atoms with Crippen LogP contribution in [0.5, 0.6) is 17.2 Å². The maximum Gasteiger partial charge on any atom is 0.167 e. The van der Waals surface area contributed by atoms with Gasteiger partial charge in [-0.1, -0.05) is 6.07 Å². The molecule has 2 aromatic carbocycles. The summed E-state index contributed by atoms with van der Waals surface area (Å²) in [4.78, 5) is 11.7. The van der Waals surface area contributed by atoms with E-state index in [0.29, 0.717) is 28.4 Å². The average Bonchev–Trinajstić information content (AvgIpc) is 2.42. The molecule has 0 N–H and O–H groups in total. The first-order valence-electron chi connectivity index (χ1n) is 6.15. The normalized spacial score (nSPS) is 10.2. The lowest BCUT2D eigenvalue weighted by molar-refractivity contribution is 0.101. The number of hydrogen-bond donors (Lipinski definition) is 0. The number of halogens is 1. The molecule has 0 aliphatic rings. The molecule has 3 nitrogen and oxygen atoms in total. The van der Waals surface area contributed by atoms with Gasteiger partial charge in [-0.2, -0.15) is 0 Å². The predicted molar refractivity (Wildman–Crippen MR) is 74.2 cm³/mol. The second-order valence-electron chi connectivity index (χ2n) is 4.40. The molecule has 2 aromatic rings. The number of methoxy groups -OCH3 is 1. The first-order valence-corrected chi connectivity index (χ1v) is 6.15. The highest BCUT2D eigenvalue weighted by Crippen LogP contribution is 2.32. The van der Waals surface area contributed by atoms with Crippen molar-refractivity contribution in [2.45, 2.75) is 13.8 Å². The van der Waals surface area contributed by atoms with Crippen LogP contribution in [0.25, 0.3) is 0 Å². The van der Waals surface area contributed by atoms with Crippen LogP contribution < -0.4 is 9.47 Å². The van der Waals surface area contributed by atoms with E-state index in [2.05, 4.69) is 0 Å². The Bertz CT molecular complexity index is 650. The topological polar surface area (TPSA) is 35.5 Å². The van der Waals surface area contributed by atoms with E-state index in [1.807, 2.05) is 0 Å². The Kier molecular flexibility index (Phi) is 4.03. The van der Waals surface area contributed by atoms with Crippen LogP contribution in [0.4, 0.5) is 4.39 Å². The van der Waals surface area contributed by atoms with Crippen molar-refractivity contribution in [2.24, 2.45) is 0 Å². The van der Waals surface area contributed by atoms with Gasteiger partial charge >= 0.3 is 0 Å². The van der Waals surface area contributed by atoms with Gasteiger partial charge in [0.05, 0.1) is 7.11 Å². The maximum absolute atomic E-state index is 13.2. The number of hydrogen-bond acceptors (Lipinski definition) is 3. The van der Waals surface area contributed by atoms with Gasteiger partial charge in [0.25, 0.3) is 0 Å². The quantitative estimate of drug-likeness (QED) is 0.786. The number of carbonyl (C=O) groups is 1. The molecule has 0 aliphatic carbocycles. The monoisotopic (exact) mass is 274 g/mol. The lowest BCUT2D eigenvalue weighted by atomic mass is 10.1. The number of ether oxygens (including phenoxy) is 2. The highest BCUT2D eigenvalue weighted by molar-refractivity contribution is 5.99. The molecule has 0 atom stereocenters. The fourth-order valence-electron chi connectivity index (χ4n) is 1.92. The number of carbonyl (C=O) groups excluding carboxylic acids is 1. The molecule has 0 fully saturated rings. The average molecular weight is 274 g/mol. The highest BCUT2D eigenvalue weighted by Gasteiger charge is 2.15. The molecule has 20 heavy (non-hydrogen) atoms. The summed E-state index contributed by atoms with van der Waals surface area (Å²) in [6.45, 7) is 3.10. The zero-order valence-electron chi connectivity index (χ0n) is 11.6.